The van der Waals surface area contributed by atoms with Crippen molar-refractivity contribution in [2.24, 2.45) is 4.99 Å². The molecular formula is C17H25ClN4O. The summed E-state index contributed by atoms with van der Waals surface area (Å²) in [6, 6.07) is 8.41. The molecule has 2 aliphatic heterocycles. The molecule has 0 spiro atoms. The van der Waals surface area contributed by atoms with Gasteiger partial charge in [0.2, 0.25) is 0 Å². The zero-order valence-electron chi connectivity index (χ0n) is 13.8. The summed E-state index contributed by atoms with van der Waals surface area (Å²) in [6.45, 7) is 9.46. The summed E-state index contributed by atoms with van der Waals surface area (Å²) in [7, 11) is 0. The van der Waals surface area contributed by atoms with Crippen LogP contribution in [0.5, 0.6) is 0 Å². The Morgan fingerprint density at radius 3 is 2.83 bits per heavy atom. The number of rotatable bonds is 4. The number of morpholine rings is 1. The van der Waals surface area contributed by atoms with Crippen LogP contribution in [0.15, 0.2) is 29.3 Å². The van der Waals surface area contributed by atoms with Gasteiger partial charge in [0.15, 0.2) is 5.96 Å². The Balaban J connectivity index is 1.75. The van der Waals surface area contributed by atoms with Crippen molar-refractivity contribution in [2.45, 2.75) is 25.5 Å². The van der Waals surface area contributed by atoms with E-state index < -0.39 is 0 Å². The predicted molar refractivity (Wildman–Crippen MR) is 94.1 cm³/mol. The van der Waals surface area contributed by atoms with Crippen molar-refractivity contribution in [3.63, 3.8) is 0 Å². The molecule has 1 atom stereocenters. The van der Waals surface area contributed by atoms with Crippen molar-refractivity contribution in [1.29, 1.82) is 0 Å². The normalized spacial score (nSPS) is 22.3. The average molecular weight is 337 g/mol. The highest BCUT2D eigenvalue weighted by Crippen LogP contribution is 2.27. The van der Waals surface area contributed by atoms with Crippen LogP contribution in [0.3, 0.4) is 0 Å². The molecule has 1 saturated heterocycles. The van der Waals surface area contributed by atoms with Gasteiger partial charge in [-0.15, -0.1) is 0 Å². The maximum atomic E-state index is 6.05. The summed E-state index contributed by atoms with van der Waals surface area (Å²) < 4.78 is 5.86. The Kier molecular flexibility index (Phi) is 5.09. The van der Waals surface area contributed by atoms with Crippen LogP contribution in [0.25, 0.3) is 0 Å². The molecule has 1 fully saturated rings. The van der Waals surface area contributed by atoms with Crippen molar-refractivity contribution in [3.05, 3.63) is 34.9 Å². The third-order valence-electron chi connectivity index (χ3n) is 4.29. The van der Waals surface area contributed by atoms with E-state index in [9.17, 15) is 0 Å². The lowest BCUT2D eigenvalue weighted by Crippen LogP contribution is -2.52. The summed E-state index contributed by atoms with van der Waals surface area (Å²) in [5.74, 6) is 0.900. The van der Waals surface area contributed by atoms with E-state index in [1.807, 2.05) is 12.1 Å². The van der Waals surface area contributed by atoms with Crippen LogP contribution in [-0.2, 0) is 4.74 Å². The summed E-state index contributed by atoms with van der Waals surface area (Å²) >= 11 is 6.05. The molecule has 0 bridgehead atoms. The van der Waals surface area contributed by atoms with E-state index in [0.717, 1.165) is 50.3 Å². The highest BCUT2D eigenvalue weighted by molar-refractivity contribution is 6.30. The van der Waals surface area contributed by atoms with Gasteiger partial charge in [0.1, 0.15) is 0 Å². The van der Waals surface area contributed by atoms with Gasteiger partial charge in [0.05, 0.1) is 24.8 Å². The lowest BCUT2D eigenvalue weighted by Gasteiger charge is -2.42. The summed E-state index contributed by atoms with van der Waals surface area (Å²) in [5.41, 5.74) is 1.14. The second kappa shape index (κ2) is 7.07. The van der Waals surface area contributed by atoms with E-state index in [4.69, 9.17) is 16.3 Å². The molecule has 2 N–H and O–H groups in total. The number of aliphatic imine (C=N–C) groups is 1. The molecule has 0 unspecified atom stereocenters. The first kappa shape index (κ1) is 16.6. The highest BCUT2D eigenvalue weighted by atomic mass is 35.5. The topological polar surface area (TPSA) is 48.9 Å². The molecule has 2 aliphatic rings. The molecule has 0 aromatic heterocycles. The fourth-order valence-electron chi connectivity index (χ4n) is 3.17. The second-order valence-corrected chi connectivity index (χ2v) is 7.12. The maximum absolute atomic E-state index is 6.05. The number of nitrogens with zero attached hydrogens (tertiary/aromatic N) is 2. The smallest absolute Gasteiger partial charge is 0.191 e. The maximum Gasteiger partial charge on any atom is 0.191 e. The molecule has 2 heterocycles. The number of benzene rings is 1. The van der Waals surface area contributed by atoms with Crippen molar-refractivity contribution >= 4 is 17.6 Å². The van der Waals surface area contributed by atoms with Crippen LogP contribution in [-0.4, -0.2) is 55.8 Å². The quantitative estimate of drug-likeness (QED) is 0.883. The van der Waals surface area contributed by atoms with Gasteiger partial charge in [-0.2, -0.15) is 0 Å². The first-order valence-electron chi connectivity index (χ1n) is 8.19. The third-order valence-corrected chi connectivity index (χ3v) is 4.54. The Hall–Kier alpha value is -1.30. The largest absolute Gasteiger partial charge is 0.373 e. The Morgan fingerprint density at radius 1 is 1.39 bits per heavy atom. The molecule has 23 heavy (non-hydrogen) atoms. The minimum Gasteiger partial charge on any atom is -0.373 e. The fraction of sp³-hybridized carbons (Fsp3) is 0.588. The van der Waals surface area contributed by atoms with Crippen LogP contribution in [0.1, 0.15) is 25.5 Å². The molecule has 5 nitrogen and oxygen atoms in total. The minimum atomic E-state index is -0.119. The molecule has 0 radical (unpaired) electrons. The van der Waals surface area contributed by atoms with Crippen LogP contribution in [0.4, 0.5) is 0 Å². The average Bonchev–Trinajstić information content (AvgIpc) is 3.02. The lowest BCUT2D eigenvalue weighted by molar-refractivity contribution is -0.0971. The molecule has 1 aromatic rings. The number of halogens is 1. The Bertz CT molecular complexity index is 558. The fourth-order valence-corrected chi connectivity index (χ4v) is 3.30. The Morgan fingerprint density at radius 2 is 2.17 bits per heavy atom. The first-order chi connectivity index (χ1) is 11.0. The number of guanidine groups is 1. The van der Waals surface area contributed by atoms with Gasteiger partial charge >= 0.3 is 0 Å². The first-order valence-corrected chi connectivity index (χ1v) is 8.57. The van der Waals surface area contributed by atoms with Gasteiger partial charge in [0.25, 0.3) is 0 Å². The van der Waals surface area contributed by atoms with E-state index >= 15 is 0 Å². The molecular weight excluding hydrogens is 312 g/mol. The second-order valence-electron chi connectivity index (χ2n) is 6.68. The van der Waals surface area contributed by atoms with Crippen molar-refractivity contribution in [3.8, 4) is 0 Å². The van der Waals surface area contributed by atoms with Gasteiger partial charge in [-0.1, -0.05) is 23.7 Å². The summed E-state index contributed by atoms with van der Waals surface area (Å²) in [4.78, 5) is 6.90. The van der Waals surface area contributed by atoms with E-state index in [2.05, 4.69) is 46.5 Å². The van der Waals surface area contributed by atoms with Crippen LogP contribution >= 0.6 is 11.6 Å². The molecule has 6 heteroatoms. The van der Waals surface area contributed by atoms with Crippen LogP contribution in [0, 0.1) is 0 Å². The number of hydrogen-bond acceptors (Lipinski definition) is 5. The summed E-state index contributed by atoms with van der Waals surface area (Å²) in [6.07, 6.45) is 0. The molecule has 0 aliphatic carbocycles. The summed E-state index contributed by atoms with van der Waals surface area (Å²) in [5, 5.41) is 7.48. The monoisotopic (exact) mass is 336 g/mol. The van der Waals surface area contributed by atoms with Gasteiger partial charge in [0, 0.05) is 31.2 Å². The van der Waals surface area contributed by atoms with Crippen molar-refractivity contribution < 1.29 is 4.74 Å². The van der Waals surface area contributed by atoms with E-state index in [1.54, 1.807) is 0 Å². The zero-order chi connectivity index (χ0) is 16.3. The van der Waals surface area contributed by atoms with Crippen molar-refractivity contribution in [1.82, 2.24) is 15.5 Å². The van der Waals surface area contributed by atoms with Gasteiger partial charge < -0.3 is 15.4 Å². The zero-order valence-corrected chi connectivity index (χ0v) is 14.6. The molecule has 1 aromatic carbocycles. The SMILES string of the molecule is CC1(C)CN([C@H](CNC2=NCCN2)c2ccc(Cl)cc2)CCO1. The van der Waals surface area contributed by atoms with Gasteiger partial charge in [-0.05, 0) is 31.5 Å². The van der Waals surface area contributed by atoms with E-state index in [0.29, 0.717) is 0 Å². The molecule has 0 saturated carbocycles. The number of hydrogen-bond donors (Lipinski definition) is 2. The number of nitrogens with one attached hydrogen (secondary N) is 2. The molecule has 3 rings (SSSR count). The minimum absolute atomic E-state index is 0.119. The van der Waals surface area contributed by atoms with Gasteiger partial charge in [-0.25, -0.2) is 0 Å². The Labute approximate surface area is 143 Å². The highest BCUT2D eigenvalue weighted by Gasteiger charge is 2.32. The standard InChI is InChI=1S/C17H25ClN4O/c1-17(2)12-22(9-10-23-17)15(11-21-16-19-7-8-20-16)13-3-5-14(18)6-4-13/h3-6,15H,7-12H2,1-2H3,(H2,19,20,21)/t15-/m1/s1. The third kappa shape index (κ3) is 4.37. The number of ether oxygens (including phenoxy) is 1. The van der Waals surface area contributed by atoms with E-state index in [-0.39, 0.29) is 11.6 Å². The molecule has 126 valence electrons. The molecule has 0 amide bonds. The predicted octanol–water partition coefficient (Wildman–Crippen LogP) is 2.04. The van der Waals surface area contributed by atoms with Crippen LogP contribution < -0.4 is 10.6 Å². The van der Waals surface area contributed by atoms with Crippen molar-refractivity contribution in [2.75, 3.05) is 39.3 Å². The van der Waals surface area contributed by atoms with Gasteiger partial charge in [-0.3, -0.25) is 9.89 Å². The van der Waals surface area contributed by atoms with Crippen LogP contribution in [0.2, 0.25) is 5.02 Å². The van der Waals surface area contributed by atoms with E-state index in [1.165, 1.54) is 5.56 Å². The lowest BCUT2D eigenvalue weighted by atomic mass is 10.0.